The predicted octanol–water partition coefficient (Wildman–Crippen LogP) is 1.58. The number of fused-ring (bicyclic) bond motifs is 1. The molecule has 1 N–H and O–H groups in total. The Morgan fingerprint density at radius 2 is 1.83 bits per heavy atom. The molecule has 3 rings (SSSR count). The Morgan fingerprint density at radius 1 is 1.22 bits per heavy atom. The average Bonchev–Trinajstić information content (AvgIpc) is 3.20. The van der Waals surface area contributed by atoms with E-state index < -0.39 is 10.0 Å². The summed E-state index contributed by atoms with van der Waals surface area (Å²) in [5.41, 5.74) is 0.968. The minimum Gasteiger partial charge on any atom is -0.445 e. The molecule has 0 radical (unpaired) electrons. The number of benzene rings is 1. The van der Waals surface area contributed by atoms with Gasteiger partial charge in [-0.15, -0.1) is 0 Å². The normalized spacial score (nSPS) is 27.0. The van der Waals surface area contributed by atoms with Gasteiger partial charge in [0.05, 0.1) is 6.26 Å². The van der Waals surface area contributed by atoms with Gasteiger partial charge in [0, 0.05) is 19.1 Å². The molecule has 23 heavy (non-hydrogen) atoms. The lowest BCUT2D eigenvalue weighted by atomic mass is 10.2. The third-order valence-electron chi connectivity index (χ3n) is 4.61. The zero-order chi connectivity index (χ0) is 16.4. The van der Waals surface area contributed by atoms with Crippen molar-refractivity contribution in [1.82, 2.24) is 9.62 Å². The molecule has 0 spiro atoms. The van der Waals surface area contributed by atoms with Crippen LogP contribution in [0.2, 0.25) is 0 Å². The van der Waals surface area contributed by atoms with Crippen molar-refractivity contribution in [2.75, 3.05) is 19.3 Å². The van der Waals surface area contributed by atoms with Crippen LogP contribution in [0, 0.1) is 11.8 Å². The average molecular weight is 338 g/mol. The van der Waals surface area contributed by atoms with Gasteiger partial charge in [0.15, 0.2) is 0 Å². The molecule has 1 saturated carbocycles. The summed E-state index contributed by atoms with van der Waals surface area (Å²) >= 11 is 0. The molecule has 126 valence electrons. The van der Waals surface area contributed by atoms with E-state index in [4.69, 9.17) is 4.74 Å². The Morgan fingerprint density at radius 3 is 2.39 bits per heavy atom. The summed E-state index contributed by atoms with van der Waals surface area (Å²) in [6.07, 6.45) is 2.54. The second-order valence-corrected chi connectivity index (χ2v) is 8.13. The summed E-state index contributed by atoms with van der Waals surface area (Å²) in [6.45, 7) is 1.52. The smallest absolute Gasteiger partial charge is 0.410 e. The number of likely N-dealkylation sites (tertiary alicyclic amines) is 1. The van der Waals surface area contributed by atoms with Crippen LogP contribution in [0.1, 0.15) is 18.4 Å². The van der Waals surface area contributed by atoms with Crippen LogP contribution in [0.4, 0.5) is 4.79 Å². The van der Waals surface area contributed by atoms with Crippen LogP contribution in [0.15, 0.2) is 30.3 Å². The van der Waals surface area contributed by atoms with E-state index in [1.807, 2.05) is 30.3 Å². The van der Waals surface area contributed by atoms with Crippen molar-refractivity contribution in [3.8, 4) is 0 Å². The molecule has 1 aromatic carbocycles. The molecule has 2 fully saturated rings. The van der Waals surface area contributed by atoms with Crippen molar-refractivity contribution in [3.05, 3.63) is 35.9 Å². The van der Waals surface area contributed by atoms with Crippen molar-refractivity contribution < 1.29 is 17.9 Å². The van der Waals surface area contributed by atoms with Crippen LogP contribution >= 0.6 is 0 Å². The number of hydrogen-bond acceptors (Lipinski definition) is 4. The van der Waals surface area contributed by atoms with E-state index in [0.29, 0.717) is 24.9 Å². The summed E-state index contributed by atoms with van der Waals surface area (Å²) in [6, 6.07) is 9.65. The Balaban J connectivity index is 1.46. The van der Waals surface area contributed by atoms with Crippen molar-refractivity contribution in [3.63, 3.8) is 0 Å². The molecule has 1 saturated heterocycles. The summed E-state index contributed by atoms with van der Waals surface area (Å²) in [7, 11) is -3.16. The second-order valence-electron chi connectivity index (χ2n) is 6.35. The molecule has 0 aromatic heterocycles. The summed E-state index contributed by atoms with van der Waals surface area (Å²) < 4.78 is 30.7. The number of hydrogen-bond donors (Lipinski definition) is 1. The van der Waals surface area contributed by atoms with Gasteiger partial charge in [-0.3, -0.25) is 0 Å². The molecule has 2 aliphatic rings. The zero-order valence-corrected chi connectivity index (χ0v) is 14.0. The number of nitrogens with one attached hydrogen (secondary N) is 1. The first-order valence-electron chi connectivity index (χ1n) is 7.87. The molecular formula is C16H22N2O4S. The molecule has 3 atom stereocenters. The first kappa shape index (κ1) is 16.3. The van der Waals surface area contributed by atoms with Crippen molar-refractivity contribution in [1.29, 1.82) is 0 Å². The van der Waals surface area contributed by atoms with Crippen molar-refractivity contribution >= 4 is 16.1 Å². The lowest BCUT2D eigenvalue weighted by Gasteiger charge is -2.21. The fraction of sp³-hybridized carbons (Fsp3) is 0.562. The van der Waals surface area contributed by atoms with E-state index in [2.05, 4.69) is 4.72 Å². The van der Waals surface area contributed by atoms with E-state index in [0.717, 1.165) is 18.4 Å². The second kappa shape index (κ2) is 6.49. The molecule has 1 heterocycles. The molecule has 1 aliphatic carbocycles. The minimum atomic E-state index is -3.16. The molecule has 1 unspecified atom stereocenters. The highest BCUT2D eigenvalue weighted by Gasteiger charge is 2.52. The van der Waals surface area contributed by atoms with Gasteiger partial charge in [0.2, 0.25) is 10.0 Å². The maximum atomic E-state index is 12.1. The van der Waals surface area contributed by atoms with E-state index >= 15 is 0 Å². The van der Waals surface area contributed by atoms with Crippen LogP contribution < -0.4 is 4.72 Å². The van der Waals surface area contributed by atoms with Gasteiger partial charge >= 0.3 is 6.09 Å². The fourth-order valence-electron chi connectivity index (χ4n) is 3.37. The van der Waals surface area contributed by atoms with Crippen molar-refractivity contribution in [2.24, 2.45) is 11.8 Å². The molecular weight excluding hydrogens is 316 g/mol. The van der Waals surface area contributed by atoms with Crippen LogP contribution in [-0.2, 0) is 21.4 Å². The number of nitrogens with zero attached hydrogens (tertiary/aromatic N) is 1. The van der Waals surface area contributed by atoms with E-state index in [1.54, 1.807) is 4.90 Å². The number of rotatable bonds is 4. The first-order valence-corrected chi connectivity index (χ1v) is 9.76. The topological polar surface area (TPSA) is 75.7 Å². The lowest BCUT2D eigenvalue weighted by Crippen LogP contribution is -2.35. The van der Waals surface area contributed by atoms with Crippen LogP contribution in [0.25, 0.3) is 0 Å². The molecule has 1 aromatic rings. The Kier molecular flexibility index (Phi) is 4.59. The molecule has 1 aliphatic heterocycles. The van der Waals surface area contributed by atoms with Gasteiger partial charge in [-0.25, -0.2) is 17.9 Å². The van der Waals surface area contributed by atoms with Crippen LogP contribution in [-0.4, -0.2) is 44.8 Å². The number of carbonyl (C=O) groups is 1. The standard InChI is InChI=1S/C16H22N2O4S/c1-23(20,21)17-15-13-7-9-18(10-8-14(13)15)16(19)22-11-12-5-3-2-4-6-12/h2-6,13-15,17H,7-11H2,1H3/t13-,14+,15?. The Bertz CT molecular complexity index is 648. The molecule has 0 bridgehead atoms. The monoisotopic (exact) mass is 338 g/mol. The van der Waals surface area contributed by atoms with Gasteiger partial charge in [-0.05, 0) is 30.2 Å². The maximum Gasteiger partial charge on any atom is 0.410 e. The molecule has 1 amide bonds. The van der Waals surface area contributed by atoms with E-state index in [-0.39, 0.29) is 18.7 Å². The Labute approximate surface area is 136 Å². The number of carbonyl (C=O) groups excluding carboxylic acids is 1. The largest absolute Gasteiger partial charge is 0.445 e. The first-order chi connectivity index (χ1) is 10.9. The van der Waals surface area contributed by atoms with Crippen LogP contribution in [0.5, 0.6) is 0 Å². The predicted molar refractivity (Wildman–Crippen MR) is 86.2 cm³/mol. The maximum absolute atomic E-state index is 12.1. The van der Waals surface area contributed by atoms with E-state index in [9.17, 15) is 13.2 Å². The van der Waals surface area contributed by atoms with Gasteiger partial charge in [-0.1, -0.05) is 30.3 Å². The number of amides is 1. The van der Waals surface area contributed by atoms with Gasteiger partial charge < -0.3 is 9.64 Å². The SMILES string of the molecule is CS(=O)(=O)NC1[C@H]2CCN(C(=O)OCc3ccccc3)CC[C@@H]12. The molecule has 6 nitrogen and oxygen atoms in total. The lowest BCUT2D eigenvalue weighted by molar-refractivity contribution is 0.0961. The highest BCUT2D eigenvalue weighted by Crippen LogP contribution is 2.46. The van der Waals surface area contributed by atoms with E-state index in [1.165, 1.54) is 6.26 Å². The zero-order valence-electron chi connectivity index (χ0n) is 13.1. The fourth-order valence-corrected chi connectivity index (χ4v) is 4.21. The highest BCUT2D eigenvalue weighted by molar-refractivity contribution is 7.88. The summed E-state index contributed by atoms with van der Waals surface area (Å²) in [5.74, 6) is 0.688. The summed E-state index contributed by atoms with van der Waals surface area (Å²) in [5, 5.41) is 0. The highest BCUT2D eigenvalue weighted by atomic mass is 32.2. The number of sulfonamides is 1. The van der Waals surface area contributed by atoms with Gasteiger partial charge in [0.25, 0.3) is 0 Å². The van der Waals surface area contributed by atoms with Crippen molar-refractivity contribution in [2.45, 2.75) is 25.5 Å². The summed E-state index contributed by atoms with van der Waals surface area (Å²) in [4.78, 5) is 13.9. The third kappa shape index (κ3) is 4.23. The van der Waals surface area contributed by atoms with Crippen LogP contribution in [0.3, 0.4) is 0 Å². The van der Waals surface area contributed by atoms with Gasteiger partial charge in [-0.2, -0.15) is 0 Å². The third-order valence-corrected chi connectivity index (χ3v) is 5.31. The quantitative estimate of drug-likeness (QED) is 0.904. The van der Waals surface area contributed by atoms with Gasteiger partial charge in [0.1, 0.15) is 6.61 Å². The molecule has 7 heteroatoms. The number of ether oxygens (including phenoxy) is 1. The Hall–Kier alpha value is -1.60. The minimum absolute atomic E-state index is 0.0486.